The van der Waals surface area contributed by atoms with Gasteiger partial charge in [0.15, 0.2) is 0 Å². The standard InChI is InChI=1S/C11H13ClFN/c1-7-5-8(6-14-7)9-3-2-4-10(12)11(9)13/h2-4,7-8,14H,5-6H2,1H3. The van der Waals surface area contributed by atoms with Crippen LogP contribution in [0.4, 0.5) is 4.39 Å². The lowest BCUT2D eigenvalue weighted by atomic mass is 9.96. The topological polar surface area (TPSA) is 12.0 Å². The summed E-state index contributed by atoms with van der Waals surface area (Å²) in [7, 11) is 0. The molecule has 1 aliphatic rings. The first-order valence-corrected chi connectivity index (χ1v) is 5.23. The molecule has 14 heavy (non-hydrogen) atoms. The third kappa shape index (κ3) is 1.77. The molecule has 0 aromatic heterocycles. The number of nitrogens with one attached hydrogen (secondary N) is 1. The number of hydrogen-bond donors (Lipinski definition) is 1. The van der Waals surface area contributed by atoms with Gasteiger partial charge in [-0.25, -0.2) is 4.39 Å². The molecule has 1 nitrogen and oxygen atoms in total. The molecule has 1 heterocycles. The maximum absolute atomic E-state index is 13.6. The van der Waals surface area contributed by atoms with Crippen LogP contribution >= 0.6 is 11.6 Å². The van der Waals surface area contributed by atoms with E-state index in [-0.39, 0.29) is 16.8 Å². The van der Waals surface area contributed by atoms with Crippen LogP contribution in [0.15, 0.2) is 18.2 Å². The quantitative estimate of drug-likeness (QED) is 0.757. The van der Waals surface area contributed by atoms with E-state index in [9.17, 15) is 4.39 Å². The molecule has 0 bridgehead atoms. The summed E-state index contributed by atoms with van der Waals surface area (Å²) in [6.07, 6.45) is 0.983. The Hall–Kier alpha value is -0.600. The van der Waals surface area contributed by atoms with Crippen molar-refractivity contribution in [1.29, 1.82) is 0 Å². The fourth-order valence-corrected chi connectivity index (χ4v) is 2.19. The fourth-order valence-electron chi connectivity index (χ4n) is 2.01. The van der Waals surface area contributed by atoms with Crippen molar-refractivity contribution in [2.24, 2.45) is 0 Å². The van der Waals surface area contributed by atoms with Crippen LogP contribution in [0.25, 0.3) is 0 Å². The van der Waals surface area contributed by atoms with E-state index in [1.54, 1.807) is 6.07 Å². The Kier molecular flexibility index (Phi) is 2.75. The molecular weight excluding hydrogens is 201 g/mol. The van der Waals surface area contributed by atoms with E-state index in [0.717, 1.165) is 18.5 Å². The summed E-state index contributed by atoms with van der Waals surface area (Å²) in [5.74, 6) is 0.0127. The van der Waals surface area contributed by atoms with Gasteiger partial charge in [0.25, 0.3) is 0 Å². The molecule has 1 aromatic carbocycles. The largest absolute Gasteiger partial charge is 0.314 e. The summed E-state index contributed by atoms with van der Waals surface area (Å²) in [4.78, 5) is 0. The minimum absolute atomic E-state index is 0.224. The molecule has 0 saturated carbocycles. The van der Waals surface area contributed by atoms with Gasteiger partial charge in [0.05, 0.1) is 5.02 Å². The molecule has 1 fully saturated rings. The number of hydrogen-bond acceptors (Lipinski definition) is 1. The summed E-state index contributed by atoms with van der Waals surface area (Å²) < 4.78 is 13.6. The van der Waals surface area contributed by atoms with E-state index in [4.69, 9.17) is 11.6 Å². The van der Waals surface area contributed by atoms with Crippen LogP contribution in [-0.4, -0.2) is 12.6 Å². The number of halogens is 2. The molecule has 76 valence electrons. The normalized spacial score (nSPS) is 26.8. The zero-order valence-electron chi connectivity index (χ0n) is 8.06. The average Bonchev–Trinajstić information content (AvgIpc) is 2.57. The second kappa shape index (κ2) is 3.87. The molecule has 1 N–H and O–H groups in total. The molecule has 0 amide bonds. The van der Waals surface area contributed by atoms with E-state index in [0.29, 0.717) is 6.04 Å². The Morgan fingerprint density at radius 1 is 1.50 bits per heavy atom. The SMILES string of the molecule is CC1CC(c2cccc(Cl)c2F)CN1. The van der Waals surface area contributed by atoms with Crippen molar-refractivity contribution in [2.75, 3.05) is 6.54 Å². The molecule has 2 atom stereocenters. The van der Waals surface area contributed by atoms with Crippen LogP contribution in [0.5, 0.6) is 0 Å². The maximum Gasteiger partial charge on any atom is 0.145 e. The Morgan fingerprint density at radius 2 is 2.29 bits per heavy atom. The Morgan fingerprint density at radius 3 is 2.93 bits per heavy atom. The lowest BCUT2D eigenvalue weighted by Gasteiger charge is -2.10. The Balaban J connectivity index is 2.28. The zero-order chi connectivity index (χ0) is 10.1. The van der Waals surface area contributed by atoms with Gasteiger partial charge in [0.1, 0.15) is 5.82 Å². The van der Waals surface area contributed by atoms with E-state index in [1.165, 1.54) is 0 Å². The molecule has 2 rings (SSSR count). The summed E-state index contributed by atoms with van der Waals surface area (Å²) in [5.41, 5.74) is 0.745. The highest BCUT2D eigenvalue weighted by molar-refractivity contribution is 6.30. The first-order chi connectivity index (χ1) is 6.68. The minimum Gasteiger partial charge on any atom is -0.314 e. The molecular formula is C11H13ClFN. The lowest BCUT2D eigenvalue weighted by Crippen LogP contribution is -2.16. The molecule has 1 aliphatic heterocycles. The van der Waals surface area contributed by atoms with Crippen LogP contribution in [-0.2, 0) is 0 Å². The van der Waals surface area contributed by atoms with Gasteiger partial charge in [-0.3, -0.25) is 0 Å². The fraction of sp³-hybridized carbons (Fsp3) is 0.455. The molecule has 0 aliphatic carbocycles. The third-order valence-electron chi connectivity index (χ3n) is 2.77. The van der Waals surface area contributed by atoms with Gasteiger partial charge in [-0.2, -0.15) is 0 Å². The van der Waals surface area contributed by atoms with E-state index < -0.39 is 0 Å². The molecule has 3 heteroatoms. The van der Waals surface area contributed by atoms with Gasteiger partial charge in [-0.1, -0.05) is 23.7 Å². The highest BCUT2D eigenvalue weighted by atomic mass is 35.5. The maximum atomic E-state index is 13.6. The van der Waals surface area contributed by atoms with Gasteiger partial charge in [-0.15, -0.1) is 0 Å². The molecule has 2 unspecified atom stereocenters. The average molecular weight is 214 g/mol. The van der Waals surface area contributed by atoms with Crippen LogP contribution < -0.4 is 5.32 Å². The molecule has 1 saturated heterocycles. The van der Waals surface area contributed by atoms with Crippen LogP contribution in [0.3, 0.4) is 0 Å². The van der Waals surface area contributed by atoms with Crippen molar-refractivity contribution in [3.63, 3.8) is 0 Å². The van der Waals surface area contributed by atoms with Gasteiger partial charge in [0.2, 0.25) is 0 Å². The molecule has 0 radical (unpaired) electrons. The van der Waals surface area contributed by atoms with Crippen molar-refractivity contribution in [3.05, 3.63) is 34.6 Å². The van der Waals surface area contributed by atoms with Gasteiger partial charge < -0.3 is 5.32 Å². The second-order valence-electron chi connectivity index (χ2n) is 3.88. The summed E-state index contributed by atoms with van der Waals surface area (Å²) >= 11 is 5.73. The van der Waals surface area contributed by atoms with Crippen molar-refractivity contribution in [1.82, 2.24) is 5.32 Å². The van der Waals surface area contributed by atoms with Gasteiger partial charge >= 0.3 is 0 Å². The van der Waals surface area contributed by atoms with Gasteiger partial charge in [-0.05, 0) is 25.0 Å². The van der Waals surface area contributed by atoms with E-state index in [1.807, 2.05) is 12.1 Å². The summed E-state index contributed by atoms with van der Waals surface area (Å²) in [5, 5.41) is 3.53. The monoisotopic (exact) mass is 213 g/mol. The predicted molar refractivity (Wildman–Crippen MR) is 56.2 cm³/mol. The van der Waals surface area contributed by atoms with Crippen molar-refractivity contribution in [2.45, 2.75) is 25.3 Å². The second-order valence-corrected chi connectivity index (χ2v) is 4.29. The van der Waals surface area contributed by atoms with Crippen molar-refractivity contribution in [3.8, 4) is 0 Å². The van der Waals surface area contributed by atoms with Crippen molar-refractivity contribution >= 4 is 11.6 Å². The molecule has 0 spiro atoms. The summed E-state index contributed by atoms with van der Waals surface area (Å²) in [6.45, 7) is 2.96. The predicted octanol–water partition coefficient (Wildman–Crippen LogP) is 2.94. The minimum atomic E-state index is -0.255. The summed E-state index contributed by atoms with van der Waals surface area (Å²) in [6, 6.07) is 5.69. The van der Waals surface area contributed by atoms with E-state index >= 15 is 0 Å². The Bertz CT molecular complexity index is 340. The van der Waals surface area contributed by atoms with Crippen LogP contribution in [0.1, 0.15) is 24.8 Å². The van der Waals surface area contributed by atoms with Crippen LogP contribution in [0.2, 0.25) is 5.02 Å². The van der Waals surface area contributed by atoms with E-state index in [2.05, 4.69) is 12.2 Å². The third-order valence-corrected chi connectivity index (χ3v) is 3.06. The highest BCUT2D eigenvalue weighted by Crippen LogP contribution is 2.30. The number of benzene rings is 1. The van der Waals surface area contributed by atoms with Gasteiger partial charge in [0, 0.05) is 18.5 Å². The zero-order valence-corrected chi connectivity index (χ0v) is 8.81. The number of rotatable bonds is 1. The first-order valence-electron chi connectivity index (χ1n) is 4.85. The molecule has 1 aromatic rings. The highest BCUT2D eigenvalue weighted by Gasteiger charge is 2.24. The van der Waals surface area contributed by atoms with Crippen molar-refractivity contribution < 1.29 is 4.39 Å². The lowest BCUT2D eigenvalue weighted by molar-refractivity contribution is 0.585. The smallest absolute Gasteiger partial charge is 0.145 e. The Labute approximate surface area is 88.3 Å². The first kappa shape index (κ1) is 9.94. The van der Waals surface area contributed by atoms with Crippen LogP contribution in [0, 0.1) is 5.82 Å².